The third kappa shape index (κ3) is 1.12. The number of aryl methyl sites for hydroxylation is 1. The molecule has 1 aromatic carbocycles. The SMILES string of the molecule is Cc1ccc2c3c1CCCC3CN2N=O. The van der Waals surface area contributed by atoms with E-state index in [1.54, 1.807) is 5.01 Å². The first-order chi connectivity index (χ1) is 7.31. The van der Waals surface area contributed by atoms with Crippen LogP contribution in [0.25, 0.3) is 0 Å². The topological polar surface area (TPSA) is 32.7 Å². The summed E-state index contributed by atoms with van der Waals surface area (Å²) in [6.45, 7) is 2.95. The van der Waals surface area contributed by atoms with Crippen molar-refractivity contribution in [2.75, 3.05) is 11.6 Å². The molecule has 3 nitrogen and oxygen atoms in total. The highest BCUT2D eigenvalue weighted by Crippen LogP contribution is 2.45. The molecule has 1 unspecified atom stereocenters. The fraction of sp³-hybridized carbons (Fsp3) is 0.500. The fourth-order valence-electron chi connectivity index (χ4n) is 3.01. The van der Waals surface area contributed by atoms with Crippen LogP contribution in [0.2, 0.25) is 0 Å². The molecule has 1 aromatic rings. The highest BCUT2D eigenvalue weighted by molar-refractivity contribution is 5.64. The zero-order valence-corrected chi connectivity index (χ0v) is 8.86. The van der Waals surface area contributed by atoms with Gasteiger partial charge in [0.2, 0.25) is 0 Å². The Kier molecular flexibility index (Phi) is 1.81. The summed E-state index contributed by atoms with van der Waals surface area (Å²) < 4.78 is 0. The van der Waals surface area contributed by atoms with Gasteiger partial charge in [0, 0.05) is 5.92 Å². The summed E-state index contributed by atoms with van der Waals surface area (Å²) in [4.78, 5) is 10.7. The van der Waals surface area contributed by atoms with Crippen molar-refractivity contribution < 1.29 is 0 Å². The lowest BCUT2D eigenvalue weighted by molar-refractivity contribution is 0.573. The van der Waals surface area contributed by atoms with Crippen molar-refractivity contribution in [3.63, 3.8) is 0 Å². The van der Waals surface area contributed by atoms with Gasteiger partial charge in [0.05, 0.1) is 17.5 Å². The summed E-state index contributed by atoms with van der Waals surface area (Å²) in [5.74, 6) is 0.543. The third-order valence-electron chi connectivity index (χ3n) is 3.73. The van der Waals surface area contributed by atoms with Crippen molar-refractivity contribution >= 4 is 5.69 Å². The summed E-state index contributed by atoms with van der Waals surface area (Å²) >= 11 is 0. The van der Waals surface area contributed by atoms with Crippen LogP contribution in [-0.4, -0.2) is 6.54 Å². The largest absolute Gasteiger partial charge is 0.228 e. The zero-order valence-electron chi connectivity index (χ0n) is 8.86. The predicted molar refractivity (Wildman–Crippen MR) is 60.0 cm³/mol. The van der Waals surface area contributed by atoms with E-state index in [0.29, 0.717) is 5.92 Å². The second-order valence-corrected chi connectivity index (χ2v) is 4.55. The molecule has 0 fully saturated rings. The summed E-state index contributed by atoms with van der Waals surface area (Å²) in [6.07, 6.45) is 3.61. The molecule has 1 aliphatic carbocycles. The lowest BCUT2D eigenvalue weighted by Gasteiger charge is -2.21. The molecule has 0 bridgehead atoms. The average Bonchev–Trinajstić information content (AvgIpc) is 2.63. The van der Waals surface area contributed by atoms with E-state index in [1.165, 1.54) is 29.5 Å². The summed E-state index contributed by atoms with van der Waals surface area (Å²) in [5.41, 5.74) is 5.29. The molecule has 0 aromatic heterocycles. The highest BCUT2D eigenvalue weighted by Gasteiger charge is 2.34. The van der Waals surface area contributed by atoms with Crippen LogP contribution in [0.5, 0.6) is 0 Å². The maximum Gasteiger partial charge on any atom is 0.0664 e. The molecular weight excluding hydrogens is 188 g/mol. The van der Waals surface area contributed by atoms with Crippen LogP contribution in [0.1, 0.15) is 35.4 Å². The second-order valence-electron chi connectivity index (χ2n) is 4.55. The average molecular weight is 202 g/mol. The molecule has 0 N–H and O–H groups in total. The van der Waals surface area contributed by atoms with E-state index in [1.807, 2.05) is 6.07 Å². The number of anilines is 1. The quantitative estimate of drug-likeness (QED) is 0.656. The van der Waals surface area contributed by atoms with Crippen molar-refractivity contribution in [1.29, 1.82) is 0 Å². The number of benzene rings is 1. The van der Waals surface area contributed by atoms with Crippen molar-refractivity contribution in [1.82, 2.24) is 0 Å². The van der Waals surface area contributed by atoms with Gasteiger partial charge in [-0.1, -0.05) is 6.07 Å². The first-order valence-corrected chi connectivity index (χ1v) is 5.54. The van der Waals surface area contributed by atoms with Gasteiger partial charge < -0.3 is 0 Å². The minimum atomic E-state index is 0.543. The summed E-state index contributed by atoms with van der Waals surface area (Å²) in [7, 11) is 0. The highest BCUT2D eigenvalue weighted by atomic mass is 16.3. The van der Waals surface area contributed by atoms with E-state index in [-0.39, 0.29) is 0 Å². The van der Waals surface area contributed by atoms with Crippen molar-refractivity contribution in [2.45, 2.75) is 32.1 Å². The molecule has 0 spiro atoms. The van der Waals surface area contributed by atoms with Gasteiger partial charge in [-0.2, -0.15) is 0 Å². The maximum absolute atomic E-state index is 10.7. The molecule has 0 amide bonds. The van der Waals surface area contributed by atoms with Crippen LogP contribution in [0, 0.1) is 11.8 Å². The van der Waals surface area contributed by atoms with Crippen LogP contribution in [0.3, 0.4) is 0 Å². The van der Waals surface area contributed by atoms with Gasteiger partial charge in [-0.25, -0.2) is 5.01 Å². The Bertz CT molecular complexity index is 428. The minimum absolute atomic E-state index is 0.543. The zero-order chi connectivity index (χ0) is 10.4. The molecular formula is C12H14N2O. The molecule has 3 heteroatoms. The minimum Gasteiger partial charge on any atom is -0.228 e. The van der Waals surface area contributed by atoms with Crippen LogP contribution in [-0.2, 0) is 6.42 Å². The monoisotopic (exact) mass is 202 g/mol. The Hall–Kier alpha value is -1.38. The van der Waals surface area contributed by atoms with E-state index >= 15 is 0 Å². The molecule has 15 heavy (non-hydrogen) atoms. The van der Waals surface area contributed by atoms with E-state index in [4.69, 9.17) is 0 Å². The smallest absolute Gasteiger partial charge is 0.0664 e. The van der Waals surface area contributed by atoms with Crippen LogP contribution >= 0.6 is 0 Å². The van der Waals surface area contributed by atoms with E-state index in [9.17, 15) is 4.91 Å². The molecule has 78 valence electrons. The van der Waals surface area contributed by atoms with Gasteiger partial charge in [-0.3, -0.25) is 0 Å². The molecule has 1 heterocycles. The van der Waals surface area contributed by atoms with Gasteiger partial charge in [0.25, 0.3) is 0 Å². The Labute approximate surface area is 89.0 Å². The van der Waals surface area contributed by atoms with E-state index in [2.05, 4.69) is 18.3 Å². The van der Waals surface area contributed by atoms with Gasteiger partial charge in [0.15, 0.2) is 0 Å². The molecule has 0 saturated carbocycles. The van der Waals surface area contributed by atoms with E-state index < -0.39 is 0 Å². The fourth-order valence-corrected chi connectivity index (χ4v) is 3.01. The first kappa shape index (κ1) is 8.89. The number of nitroso groups, excluding NO2 is 1. The maximum atomic E-state index is 10.7. The van der Waals surface area contributed by atoms with Gasteiger partial charge >= 0.3 is 0 Å². The molecule has 2 aliphatic rings. The number of rotatable bonds is 1. The molecule has 0 radical (unpaired) electrons. The van der Waals surface area contributed by atoms with Crippen LogP contribution in [0.4, 0.5) is 5.69 Å². The Balaban J connectivity index is 2.22. The summed E-state index contributed by atoms with van der Waals surface area (Å²) in [6, 6.07) is 4.15. The second kappa shape index (κ2) is 3.05. The predicted octanol–water partition coefficient (Wildman–Crippen LogP) is 2.92. The number of nitrogens with zero attached hydrogens (tertiary/aromatic N) is 2. The normalized spacial score (nSPS) is 22.7. The van der Waals surface area contributed by atoms with Gasteiger partial charge in [0.1, 0.15) is 0 Å². The Morgan fingerprint density at radius 3 is 3.13 bits per heavy atom. The van der Waals surface area contributed by atoms with Crippen molar-refractivity contribution in [2.24, 2.45) is 5.29 Å². The summed E-state index contributed by atoms with van der Waals surface area (Å²) in [5, 5.41) is 4.73. The van der Waals surface area contributed by atoms with Gasteiger partial charge in [-0.05, 0) is 48.9 Å². The molecule has 1 atom stereocenters. The molecule has 1 aliphatic heterocycles. The third-order valence-corrected chi connectivity index (χ3v) is 3.73. The standard InChI is InChI=1S/C12H14N2O/c1-8-5-6-11-12-9(7-14(11)13-15)3-2-4-10(8)12/h5-6,9H,2-4,7H2,1H3. The Morgan fingerprint density at radius 1 is 1.47 bits per heavy atom. The lowest BCUT2D eigenvalue weighted by atomic mass is 9.82. The number of hydrogen-bond donors (Lipinski definition) is 0. The molecule has 0 saturated heterocycles. The first-order valence-electron chi connectivity index (χ1n) is 5.54. The molecule has 3 rings (SSSR count). The van der Waals surface area contributed by atoms with Crippen LogP contribution in [0.15, 0.2) is 17.4 Å². The van der Waals surface area contributed by atoms with Gasteiger partial charge in [-0.15, -0.1) is 4.91 Å². The lowest BCUT2D eigenvalue weighted by Crippen LogP contribution is -2.14. The van der Waals surface area contributed by atoms with Crippen molar-refractivity contribution in [3.8, 4) is 0 Å². The number of hydrogen-bond acceptors (Lipinski definition) is 2. The van der Waals surface area contributed by atoms with Crippen molar-refractivity contribution in [3.05, 3.63) is 33.7 Å². The Morgan fingerprint density at radius 2 is 2.33 bits per heavy atom. The van der Waals surface area contributed by atoms with E-state index in [0.717, 1.165) is 18.7 Å². The van der Waals surface area contributed by atoms with Crippen LogP contribution < -0.4 is 5.01 Å².